The molecule has 1 aromatic rings. The molecule has 0 aliphatic carbocycles. The van der Waals surface area contributed by atoms with Gasteiger partial charge in [-0.1, -0.05) is 0 Å². The van der Waals surface area contributed by atoms with Gasteiger partial charge in [0.2, 0.25) is 5.91 Å². The fourth-order valence-corrected chi connectivity index (χ4v) is 2.62. The van der Waals surface area contributed by atoms with Crippen molar-refractivity contribution in [3.05, 3.63) is 20.8 Å². The summed E-state index contributed by atoms with van der Waals surface area (Å²) in [6.07, 6.45) is 1.01. The second kappa shape index (κ2) is 6.76. The molecule has 6 heteroatoms. The summed E-state index contributed by atoms with van der Waals surface area (Å²) in [5.74, 6) is -0.587. The van der Waals surface area contributed by atoms with Crippen LogP contribution in [0.25, 0.3) is 0 Å². The van der Waals surface area contributed by atoms with E-state index in [0.717, 1.165) is 9.35 Å². The maximum absolute atomic E-state index is 11.5. The van der Waals surface area contributed by atoms with Gasteiger partial charge in [-0.15, -0.1) is 11.3 Å². The van der Waals surface area contributed by atoms with Gasteiger partial charge in [-0.05, 0) is 46.3 Å². The summed E-state index contributed by atoms with van der Waals surface area (Å²) in [5, 5.41) is 4.55. The Morgan fingerprint density at radius 1 is 1.59 bits per heavy atom. The van der Waals surface area contributed by atoms with E-state index in [-0.39, 0.29) is 5.91 Å². The van der Waals surface area contributed by atoms with E-state index < -0.39 is 12.0 Å². The molecular weight excluding hydrogens is 306 g/mol. The van der Waals surface area contributed by atoms with Crippen LogP contribution in [0, 0.1) is 0 Å². The third kappa shape index (κ3) is 4.47. The first-order chi connectivity index (χ1) is 8.04. The quantitative estimate of drug-likeness (QED) is 0.846. The standard InChI is InChI=1S/C11H14BrNO3S/c1-7(11(15)16-2)13-9(14)4-3-8-5-6-17-10(8)12/h5-7H,3-4H2,1-2H3,(H,13,14)/t7-/m1/s1. The van der Waals surface area contributed by atoms with Crippen LogP contribution in [0.4, 0.5) is 0 Å². The minimum atomic E-state index is -0.599. The highest BCUT2D eigenvalue weighted by Gasteiger charge is 2.15. The predicted octanol–water partition coefficient (Wildman–Crippen LogP) is 2.12. The van der Waals surface area contributed by atoms with Gasteiger partial charge in [0.05, 0.1) is 10.9 Å². The molecule has 0 saturated heterocycles. The normalized spacial score (nSPS) is 11.9. The molecule has 0 aliphatic rings. The van der Waals surface area contributed by atoms with Gasteiger partial charge in [-0.25, -0.2) is 4.79 Å². The summed E-state index contributed by atoms with van der Waals surface area (Å²) in [7, 11) is 1.30. The van der Waals surface area contributed by atoms with E-state index in [0.29, 0.717) is 12.8 Å². The molecule has 0 bridgehead atoms. The lowest BCUT2D eigenvalue weighted by Gasteiger charge is -2.11. The largest absolute Gasteiger partial charge is 0.467 e. The number of nitrogens with one attached hydrogen (secondary N) is 1. The van der Waals surface area contributed by atoms with Crippen LogP contribution in [-0.2, 0) is 20.7 Å². The predicted molar refractivity (Wildman–Crippen MR) is 70.0 cm³/mol. The molecule has 1 amide bonds. The lowest BCUT2D eigenvalue weighted by atomic mass is 10.2. The molecule has 17 heavy (non-hydrogen) atoms. The number of carbonyl (C=O) groups excluding carboxylic acids is 2. The van der Waals surface area contributed by atoms with Crippen LogP contribution in [0.3, 0.4) is 0 Å². The Morgan fingerprint density at radius 3 is 2.82 bits per heavy atom. The summed E-state index contributed by atoms with van der Waals surface area (Å²) in [4.78, 5) is 22.6. The van der Waals surface area contributed by atoms with Crippen molar-refractivity contribution in [1.82, 2.24) is 5.32 Å². The molecular formula is C11H14BrNO3S. The number of amides is 1. The van der Waals surface area contributed by atoms with Crippen molar-refractivity contribution in [2.45, 2.75) is 25.8 Å². The van der Waals surface area contributed by atoms with Crippen molar-refractivity contribution in [1.29, 1.82) is 0 Å². The number of ether oxygens (including phenoxy) is 1. The highest BCUT2D eigenvalue weighted by Crippen LogP contribution is 2.24. The molecule has 1 aromatic heterocycles. The number of hydrogen-bond acceptors (Lipinski definition) is 4. The second-order valence-corrected chi connectivity index (χ2v) is 5.77. The number of rotatable bonds is 5. The Morgan fingerprint density at radius 2 is 2.29 bits per heavy atom. The summed E-state index contributed by atoms with van der Waals surface area (Å²) < 4.78 is 5.57. The van der Waals surface area contributed by atoms with Crippen molar-refractivity contribution >= 4 is 39.1 Å². The lowest BCUT2D eigenvalue weighted by molar-refractivity contribution is -0.144. The minimum Gasteiger partial charge on any atom is -0.467 e. The Balaban J connectivity index is 2.36. The number of aryl methyl sites for hydroxylation is 1. The van der Waals surface area contributed by atoms with E-state index >= 15 is 0 Å². The van der Waals surface area contributed by atoms with Crippen LogP contribution in [0.5, 0.6) is 0 Å². The van der Waals surface area contributed by atoms with Gasteiger partial charge in [-0.2, -0.15) is 0 Å². The minimum absolute atomic E-state index is 0.152. The molecule has 1 heterocycles. The smallest absolute Gasteiger partial charge is 0.328 e. The summed E-state index contributed by atoms with van der Waals surface area (Å²) in [5.41, 5.74) is 1.11. The summed E-state index contributed by atoms with van der Waals surface area (Å²) in [6.45, 7) is 1.60. The average molecular weight is 320 g/mol. The van der Waals surface area contributed by atoms with Crippen LogP contribution in [0.2, 0.25) is 0 Å². The van der Waals surface area contributed by atoms with Crippen molar-refractivity contribution in [2.75, 3.05) is 7.11 Å². The maximum Gasteiger partial charge on any atom is 0.328 e. The van der Waals surface area contributed by atoms with Gasteiger partial charge in [0.15, 0.2) is 0 Å². The number of esters is 1. The monoisotopic (exact) mass is 319 g/mol. The lowest BCUT2D eigenvalue weighted by Crippen LogP contribution is -2.39. The van der Waals surface area contributed by atoms with Gasteiger partial charge in [0, 0.05) is 6.42 Å². The molecule has 4 nitrogen and oxygen atoms in total. The van der Waals surface area contributed by atoms with Gasteiger partial charge in [0.25, 0.3) is 0 Å². The maximum atomic E-state index is 11.5. The Kier molecular flexibility index (Phi) is 5.64. The highest BCUT2D eigenvalue weighted by molar-refractivity contribution is 9.11. The zero-order chi connectivity index (χ0) is 12.8. The van der Waals surface area contributed by atoms with Crippen molar-refractivity contribution in [3.63, 3.8) is 0 Å². The van der Waals surface area contributed by atoms with Crippen LogP contribution in [0.1, 0.15) is 18.9 Å². The van der Waals surface area contributed by atoms with Gasteiger partial charge >= 0.3 is 5.97 Å². The van der Waals surface area contributed by atoms with E-state index in [9.17, 15) is 9.59 Å². The molecule has 0 aromatic carbocycles. The third-order valence-electron chi connectivity index (χ3n) is 2.25. The van der Waals surface area contributed by atoms with E-state index in [4.69, 9.17) is 0 Å². The third-order valence-corrected chi connectivity index (χ3v) is 4.06. The van der Waals surface area contributed by atoms with E-state index in [1.54, 1.807) is 18.3 Å². The number of hydrogen-bond donors (Lipinski definition) is 1. The number of thiophene rings is 1. The fraction of sp³-hybridized carbons (Fsp3) is 0.455. The van der Waals surface area contributed by atoms with E-state index in [1.807, 2.05) is 11.4 Å². The Bertz CT molecular complexity index is 405. The molecule has 0 saturated carbocycles. The average Bonchev–Trinajstić information content (AvgIpc) is 2.71. The first-order valence-corrected chi connectivity index (χ1v) is 6.81. The van der Waals surface area contributed by atoms with Crippen molar-refractivity contribution in [2.24, 2.45) is 0 Å². The topological polar surface area (TPSA) is 55.4 Å². The van der Waals surface area contributed by atoms with Crippen LogP contribution < -0.4 is 5.32 Å². The summed E-state index contributed by atoms with van der Waals surface area (Å²) in [6, 6.07) is 1.38. The first-order valence-electron chi connectivity index (χ1n) is 5.13. The molecule has 0 spiro atoms. The highest BCUT2D eigenvalue weighted by atomic mass is 79.9. The Hall–Kier alpha value is -0.880. The fourth-order valence-electron chi connectivity index (χ4n) is 1.30. The SMILES string of the molecule is COC(=O)[C@@H](C)NC(=O)CCc1ccsc1Br. The zero-order valence-electron chi connectivity index (χ0n) is 9.66. The van der Waals surface area contributed by atoms with E-state index in [1.165, 1.54) is 7.11 Å². The van der Waals surface area contributed by atoms with Crippen LogP contribution in [0.15, 0.2) is 15.2 Å². The molecule has 0 aliphatic heterocycles. The molecule has 0 unspecified atom stereocenters. The second-order valence-electron chi connectivity index (χ2n) is 3.53. The first kappa shape index (κ1) is 14.2. The molecule has 0 radical (unpaired) electrons. The zero-order valence-corrected chi connectivity index (χ0v) is 12.1. The van der Waals surface area contributed by atoms with Gasteiger partial charge < -0.3 is 10.1 Å². The van der Waals surface area contributed by atoms with Gasteiger partial charge in [0.1, 0.15) is 6.04 Å². The molecule has 1 rings (SSSR count). The molecule has 1 atom stereocenters. The Labute approximate surface area is 112 Å². The van der Waals surface area contributed by atoms with Gasteiger partial charge in [-0.3, -0.25) is 4.79 Å². The van der Waals surface area contributed by atoms with Crippen molar-refractivity contribution in [3.8, 4) is 0 Å². The molecule has 0 fully saturated rings. The number of halogens is 1. The van der Waals surface area contributed by atoms with Crippen LogP contribution >= 0.6 is 27.3 Å². The molecule has 1 N–H and O–H groups in total. The molecule has 94 valence electrons. The van der Waals surface area contributed by atoms with E-state index in [2.05, 4.69) is 26.0 Å². The van der Waals surface area contributed by atoms with Crippen LogP contribution in [-0.4, -0.2) is 25.0 Å². The summed E-state index contributed by atoms with van der Waals surface area (Å²) >= 11 is 5.00. The number of methoxy groups -OCH3 is 1. The van der Waals surface area contributed by atoms with Crippen molar-refractivity contribution < 1.29 is 14.3 Å². The number of carbonyl (C=O) groups is 2.